The van der Waals surface area contributed by atoms with Crippen LogP contribution in [0.2, 0.25) is 0 Å². The summed E-state index contributed by atoms with van der Waals surface area (Å²) in [7, 11) is 0. The molecule has 6 nitrogen and oxygen atoms in total. The molecule has 1 aliphatic rings. The number of carbonyl (C=O) groups excluding carboxylic acids is 1. The van der Waals surface area contributed by atoms with Gasteiger partial charge in [0.2, 0.25) is 0 Å². The second-order valence-electron chi connectivity index (χ2n) is 6.21. The highest BCUT2D eigenvalue weighted by molar-refractivity contribution is 6.06. The summed E-state index contributed by atoms with van der Waals surface area (Å²) in [5, 5.41) is 11.5. The van der Waals surface area contributed by atoms with Crippen molar-refractivity contribution in [2.45, 2.75) is 25.8 Å². The molecule has 0 saturated heterocycles. The number of hydrogen-bond acceptors (Lipinski definition) is 3. The van der Waals surface area contributed by atoms with Crippen molar-refractivity contribution in [3.63, 3.8) is 0 Å². The number of aromatic nitrogens is 4. The minimum absolute atomic E-state index is 0.167. The van der Waals surface area contributed by atoms with Gasteiger partial charge >= 0.3 is 0 Å². The van der Waals surface area contributed by atoms with Gasteiger partial charge in [-0.2, -0.15) is 10.2 Å². The van der Waals surface area contributed by atoms with Gasteiger partial charge in [-0.1, -0.05) is 12.1 Å². The number of hydrogen-bond donors (Lipinski definition) is 1. The second kappa shape index (κ2) is 5.96. The molecule has 1 saturated carbocycles. The van der Waals surface area contributed by atoms with Crippen molar-refractivity contribution in [1.29, 1.82) is 0 Å². The number of amides is 1. The van der Waals surface area contributed by atoms with Crippen molar-refractivity contribution < 1.29 is 4.79 Å². The fraction of sp³-hybridized carbons (Fsp3) is 0.278. The minimum Gasteiger partial charge on any atom is -0.319 e. The average Bonchev–Trinajstić information content (AvgIpc) is 3.10. The Labute approximate surface area is 140 Å². The summed E-state index contributed by atoms with van der Waals surface area (Å²) in [5.41, 5.74) is 2.03. The Bertz CT molecular complexity index is 848. The van der Waals surface area contributed by atoms with Gasteiger partial charge in [-0.25, -0.2) is 4.68 Å². The van der Waals surface area contributed by atoms with Crippen LogP contribution in [0.25, 0.3) is 5.69 Å². The van der Waals surface area contributed by atoms with E-state index in [1.807, 2.05) is 41.3 Å². The molecule has 1 aliphatic carbocycles. The number of nitrogens with zero attached hydrogens (tertiary/aromatic N) is 4. The fourth-order valence-electron chi connectivity index (χ4n) is 2.90. The van der Waals surface area contributed by atoms with Gasteiger partial charge in [0, 0.05) is 18.6 Å². The Morgan fingerprint density at radius 3 is 2.83 bits per heavy atom. The van der Waals surface area contributed by atoms with Crippen molar-refractivity contribution in [2.24, 2.45) is 5.92 Å². The zero-order chi connectivity index (χ0) is 16.5. The summed E-state index contributed by atoms with van der Waals surface area (Å²) in [6, 6.07) is 9.62. The van der Waals surface area contributed by atoms with Crippen LogP contribution in [-0.2, 0) is 0 Å². The summed E-state index contributed by atoms with van der Waals surface area (Å²) >= 11 is 0. The number of carbonyl (C=O) groups is 1. The van der Waals surface area contributed by atoms with Gasteiger partial charge < -0.3 is 5.32 Å². The summed E-state index contributed by atoms with van der Waals surface area (Å²) in [4.78, 5) is 12.7. The van der Waals surface area contributed by atoms with E-state index in [1.54, 1.807) is 23.1 Å². The van der Waals surface area contributed by atoms with E-state index in [0.29, 0.717) is 23.2 Å². The highest BCUT2D eigenvalue weighted by atomic mass is 16.1. The number of anilines is 1. The minimum atomic E-state index is -0.167. The Morgan fingerprint density at radius 1 is 1.25 bits per heavy atom. The normalized spacial score (nSPS) is 15.2. The molecule has 0 spiro atoms. The Kier molecular flexibility index (Phi) is 3.65. The van der Waals surface area contributed by atoms with Crippen LogP contribution in [0.1, 0.15) is 36.2 Å². The lowest BCUT2D eigenvalue weighted by Crippen LogP contribution is -2.15. The number of nitrogens with one attached hydrogen (secondary N) is 1. The molecule has 3 aromatic rings. The van der Waals surface area contributed by atoms with Crippen LogP contribution in [0.3, 0.4) is 0 Å². The van der Waals surface area contributed by atoms with Crippen LogP contribution < -0.4 is 5.32 Å². The maximum atomic E-state index is 12.7. The number of para-hydroxylation sites is 1. The molecular weight excluding hydrogens is 302 g/mol. The topological polar surface area (TPSA) is 64.7 Å². The average molecular weight is 321 g/mol. The van der Waals surface area contributed by atoms with Crippen LogP contribution in [0.15, 0.2) is 55.1 Å². The maximum absolute atomic E-state index is 12.7. The lowest BCUT2D eigenvalue weighted by atomic mass is 10.1. The lowest BCUT2D eigenvalue weighted by Gasteiger charge is -2.10. The van der Waals surface area contributed by atoms with E-state index in [1.165, 1.54) is 12.8 Å². The van der Waals surface area contributed by atoms with Gasteiger partial charge in [0.05, 0.1) is 29.2 Å². The summed E-state index contributed by atoms with van der Waals surface area (Å²) in [6.45, 7) is 2.17. The zero-order valence-corrected chi connectivity index (χ0v) is 13.5. The monoisotopic (exact) mass is 321 g/mol. The van der Waals surface area contributed by atoms with Crippen molar-refractivity contribution in [3.05, 3.63) is 60.7 Å². The Balaban J connectivity index is 1.55. The molecular formula is C18H19N5O. The van der Waals surface area contributed by atoms with E-state index in [2.05, 4.69) is 22.4 Å². The van der Waals surface area contributed by atoms with Crippen molar-refractivity contribution in [3.8, 4) is 5.69 Å². The molecule has 0 bridgehead atoms. The van der Waals surface area contributed by atoms with Gasteiger partial charge in [-0.05, 0) is 43.9 Å². The molecule has 0 radical (unpaired) electrons. The summed E-state index contributed by atoms with van der Waals surface area (Å²) in [6.07, 6.45) is 9.64. The first-order valence-electron chi connectivity index (χ1n) is 8.17. The highest BCUT2D eigenvalue weighted by Gasteiger charge is 2.29. The molecule has 4 rings (SSSR count). The molecule has 6 heteroatoms. The maximum Gasteiger partial charge on any atom is 0.257 e. The summed E-state index contributed by atoms with van der Waals surface area (Å²) < 4.78 is 3.63. The molecule has 1 amide bonds. The number of rotatable bonds is 5. The molecule has 1 fully saturated rings. The van der Waals surface area contributed by atoms with Crippen LogP contribution in [-0.4, -0.2) is 25.5 Å². The van der Waals surface area contributed by atoms with Gasteiger partial charge in [0.1, 0.15) is 0 Å². The van der Waals surface area contributed by atoms with E-state index < -0.39 is 0 Å². The predicted octanol–water partition coefficient (Wildman–Crippen LogP) is 3.29. The first-order valence-corrected chi connectivity index (χ1v) is 8.17. The standard InChI is InChI=1S/C18H19N5O/c1-13(14-7-8-14)23-12-15(11-20-23)21-18(24)16-5-2-3-6-17(16)22-10-4-9-19-22/h2-6,9-14H,7-8H2,1H3,(H,21,24). The van der Waals surface area contributed by atoms with Crippen LogP contribution >= 0.6 is 0 Å². The van der Waals surface area contributed by atoms with Gasteiger partial charge in [0.25, 0.3) is 5.91 Å². The van der Waals surface area contributed by atoms with Gasteiger partial charge in [-0.3, -0.25) is 9.48 Å². The predicted molar refractivity (Wildman–Crippen MR) is 91.2 cm³/mol. The molecule has 2 heterocycles. The third-order valence-corrected chi connectivity index (χ3v) is 4.48. The lowest BCUT2D eigenvalue weighted by molar-refractivity contribution is 0.102. The largest absolute Gasteiger partial charge is 0.319 e. The Hall–Kier alpha value is -2.89. The fourth-order valence-corrected chi connectivity index (χ4v) is 2.90. The van der Waals surface area contributed by atoms with Crippen molar-refractivity contribution in [1.82, 2.24) is 19.6 Å². The van der Waals surface area contributed by atoms with Crippen LogP contribution in [0.5, 0.6) is 0 Å². The third-order valence-electron chi connectivity index (χ3n) is 4.48. The Morgan fingerprint density at radius 2 is 2.08 bits per heavy atom. The van der Waals surface area contributed by atoms with Gasteiger partial charge in [0.15, 0.2) is 0 Å². The molecule has 1 unspecified atom stereocenters. The first kappa shape index (κ1) is 14.7. The third kappa shape index (κ3) is 2.82. The van der Waals surface area contributed by atoms with E-state index in [0.717, 1.165) is 5.69 Å². The quantitative estimate of drug-likeness (QED) is 0.784. The van der Waals surface area contributed by atoms with E-state index >= 15 is 0 Å². The van der Waals surface area contributed by atoms with E-state index in [-0.39, 0.29) is 5.91 Å². The zero-order valence-electron chi connectivity index (χ0n) is 13.5. The van der Waals surface area contributed by atoms with Crippen molar-refractivity contribution in [2.75, 3.05) is 5.32 Å². The van der Waals surface area contributed by atoms with Crippen LogP contribution in [0, 0.1) is 5.92 Å². The molecule has 1 atom stereocenters. The second-order valence-corrected chi connectivity index (χ2v) is 6.21. The summed E-state index contributed by atoms with van der Waals surface area (Å²) in [5.74, 6) is 0.550. The highest BCUT2D eigenvalue weighted by Crippen LogP contribution is 2.39. The molecule has 2 aromatic heterocycles. The molecule has 1 aromatic carbocycles. The molecule has 122 valence electrons. The molecule has 0 aliphatic heterocycles. The first-order chi connectivity index (χ1) is 11.7. The molecule has 1 N–H and O–H groups in total. The smallest absolute Gasteiger partial charge is 0.257 e. The van der Waals surface area contributed by atoms with Gasteiger partial charge in [-0.15, -0.1) is 0 Å². The number of benzene rings is 1. The van der Waals surface area contributed by atoms with E-state index in [9.17, 15) is 4.79 Å². The molecule has 24 heavy (non-hydrogen) atoms. The van der Waals surface area contributed by atoms with Crippen molar-refractivity contribution >= 4 is 11.6 Å². The van der Waals surface area contributed by atoms with Crippen LogP contribution in [0.4, 0.5) is 5.69 Å². The SMILES string of the molecule is CC(C1CC1)n1cc(NC(=O)c2ccccc2-n2cccn2)cn1. The van der Waals surface area contributed by atoms with E-state index in [4.69, 9.17) is 0 Å².